The molecular formula is C14H16N4O4. The van der Waals surface area contributed by atoms with E-state index in [4.69, 9.17) is 9.15 Å². The van der Waals surface area contributed by atoms with Crippen LogP contribution in [0.4, 0.5) is 6.01 Å². The number of ether oxygens (including phenoxy) is 1. The third-order valence-corrected chi connectivity index (χ3v) is 3.26. The predicted molar refractivity (Wildman–Crippen MR) is 77.7 cm³/mol. The molecule has 116 valence electrons. The summed E-state index contributed by atoms with van der Waals surface area (Å²) in [6.07, 6.45) is -0.564. The number of rotatable bonds is 4. The lowest BCUT2D eigenvalue weighted by Gasteiger charge is -2.29. The van der Waals surface area contributed by atoms with Gasteiger partial charge in [0.15, 0.2) is 11.9 Å². The summed E-state index contributed by atoms with van der Waals surface area (Å²) in [6.45, 7) is 2.12. The number of carbonyl (C=O) groups is 2. The lowest BCUT2D eigenvalue weighted by atomic mass is 10.1. The van der Waals surface area contributed by atoms with Gasteiger partial charge in [-0.3, -0.25) is 14.9 Å². The molecule has 1 aliphatic rings. The maximum atomic E-state index is 11.9. The van der Waals surface area contributed by atoms with Crippen molar-refractivity contribution >= 4 is 29.0 Å². The quantitative estimate of drug-likeness (QED) is 0.555. The first-order chi connectivity index (χ1) is 10.7. The van der Waals surface area contributed by atoms with Crippen LogP contribution in [-0.4, -0.2) is 36.3 Å². The van der Waals surface area contributed by atoms with Gasteiger partial charge in [-0.15, -0.1) is 0 Å². The molecule has 2 unspecified atom stereocenters. The monoisotopic (exact) mass is 304 g/mol. The number of amides is 1. The van der Waals surface area contributed by atoms with Gasteiger partial charge in [0.2, 0.25) is 5.91 Å². The number of para-hydroxylation sites is 2. The van der Waals surface area contributed by atoms with Crippen molar-refractivity contribution in [2.45, 2.75) is 13.2 Å². The number of hydrogen-bond donors (Lipinski definition) is 3. The molecule has 1 aromatic carbocycles. The molecule has 3 rings (SSSR count). The average molecular weight is 304 g/mol. The molecular weight excluding hydrogens is 288 g/mol. The van der Waals surface area contributed by atoms with Crippen LogP contribution < -0.4 is 16.0 Å². The molecule has 1 aromatic heterocycles. The van der Waals surface area contributed by atoms with Gasteiger partial charge in [0.05, 0.1) is 6.61 Å². The molecule has 2 atom stereocenters. The molecule has 1 aliphatic heterocycles. The van der Waals surface area contributed by atoms with Crippen molar-refractivity contribution in [3.8, 4) is 0 Å². The SMILES string of the molecule is CCOC(=O)C1CNC(Nc2nc3ccccc3o2)NC1=O. The van der Waals surface area contributed by atoms with Crippen molar-refractivity contribution in [2.24, 2.45) is 5.92 Å². The number of oxazole rings is 1. The minimum Gasteiger partial charge on any atom is -0.465 e. The topological polar surface area (TPSA) is 105 Å². The highest BCUT2D eigenvalue weighted by molar-refractivity contribution is 5.98. The third kappa shape index (κ3) is 2.86. The highest BCUT2D eigenvalue weighted by atomic mass is 16.5. The van der Waals surface area contributed by atoms with Crippen LogP contribution in [0.15, 0.2) is 28.7 Å². The maximum absolute atomic E-state index is 11.9. The largest absolute Gasteiger partial charge is 0.465 e. The van der Waals surface area contributed by atoms with Crippen LogP contribution in [-0.2, 0) is 14.3 Å². The number of anilines is 1. The first-order valence-corrected chi connectivity index (χ1v) is 7.00. The molecule has 2 heterocycles. The lowest BCUT2D eigenvalue weighted by Crippen LogP contribution is -2.61. The van der Waals surface area contributed by atoms with Gasteiger partial charge in [0.25, 0.3) is 6.01 Å². The van der Waals surface area contributed by atoms with E-state index in [1.54, 1.807) is 13.0 Å². The fourth-order valence-corrected chi connectivity index (χ4v) is 2.20. The summed E-state index contributed by atoms with van der Waals surface area (Å²) in [4.78, 5) is 27.8. The van der Waals surface area contributed by atoms with Gasteiger partial charge in [0.1, 0.15) is 11.4 Å². The molecule has 0 bridgehead atoms. The van der Waals surface area contributed by atoms with Crippen LogP contribution in [0.1, 0.15) is 6.92 Å². The van der Waals surface area contributed by atoms with Crippen LogP contribution in [0, 0.1) is 5.92 Å². The number of aromatic nitrogens is 1. The molecule has 1 fully saturated rings. The molecule has 0 saturated carbocycles. The number of fused-ring (bicyclic) bond motifs is 1. The molecule has 0 aliphatic carbocycles. The van der Waals surface area contributed by atoms with Gasteiger partial charge < -0.3 is 19.8 Å². The van der Waals surface area contributed by atoms with Gasteiger partial charge in [0, 0.05) is 6.54 Å². The molecule has 2 aromatic rings. The maximum Gasteiger partial charge on any atom is 0.319 e. The molecule has 0 radical (unpaired) electrons. The van der Waals surface area contributed by atoms with E-state index in [1.807, 2.05) is 18.2 Å². The second-order valence-electron chi connectivity index (χ2n) is 4.79. The van der Waals surface area contributed by atoms with E-state index in [-0.39, 0.29) is 19.2 Å². The Hall–Kier alpha value is -2.61. The van der Waals surface area contributed by atoms with Crippen LogP contribution in [0.5, 0.6) is 0 Å². The van der Waals surface area contributed by atoms with Crippen molar-refractivity contribution < 1.29 is 18.7 Å². The highest BCUT2D eigenvalue weighted by Crippen LogP contribution is 2.18. The van der Waals surface area contributed by atoms with Gasteiger partial charge in [-0.2, -0.15) is 4.98 Å². The van der Waals surface area contributed by atoms with Crippen molar-refractivity contribution in [1.82, 2.24) is 15.6 Å². The number of nitrogens with one attached hydrogen (secondary N) is 3. The van der Waals surface area contributed by atoms with Crippen LogP contribution in [0.2, 0.25) is 0 Å². The molecule has 1 saturated heterocycles. The fourth-order valence-electron chi connectivity index (χ4n) is 2.20. The van der Waals surface area contributed by atoms with E-state index in [2.05, 4.69) is 20.9 Å². The van der Waals surface area contributed by atoms with E-state index in [1.165, 1.54) is 0 Å². The molecule has 0 spiro atoms. The minimum absolute atomic E-state index is 0.183. The average Bonchev–Trinajstić information content (AvgIpc) is 2.89. The predicted octanol–water partition coefficient (Wildman–Crippen LogP) is 0.422. The van der Waals surface area contributed by atoms with Crippen molar-refractivity contribution in [1.29, 1.82) is 0 Å². The van der Waals surface area contributed by atoms with Gasteiger partial charge in [-0.1, -0.05) is 12.1 Å². The Morgan fingerprint density at radius 1 is 1.50 bits per heavy atom. The first kappa shape index (κ1) is 14.3. The number of carbonyl (C=O) groups excluding carboxylic acids is 2. The smallest absolute Gasteiger partial charge is 0.319 e. The summed E-state index contributed by atoms with van der Waals surface area (Å²) in [6, 6.07) is 7.62. The van der Waals surface area contributed by atoms with Crippen molar-refractivity contribution in [2.75, 3.05) is 18.5 Å². The Morgan fingerprint density at radius 3 is 3.05 bits per heavy atom. The normalized spacial score (nSPS) is 21.4. The third-order valence-electron chi connectivity index (χ3n) is 3.26. The number of esters is 1. The van der Waals surface area contributed by atoms with E-state index in [0.717, 1.165) is 5.52 Å². The van der Waals surface area contributed by atoms with Crippen LogP contribution in [0.3, 0.4) is 0 Å². The number of benzene rings is 1. The van der Waals surface area contributed by atoms with Gasteiger partial charge >= 0.3 is 5.97 Å². The lowest BCUT2D eigenvalue weighted by molar-refractivity contribution is -0.153. The highest BCUT2D eigenvalue weighted by Gasteiger charge is 2.34. The first-order valence-electron chi connectivity index (χ1n) is 7.00. The summed E-state index contributed by atoms with van der Waals surface area (Å²) in [5.41, 5.74) is 1.37. The van der Waals surface area contributed by atoms with E-state index < -0.39 is 24.1 Å². The summed E-state index contributed by atoms with van der Waals surface area (Å²) in [5, 5.41) is 8.54. The zero-order valence-corrected chi connectivity index (χ0v) is 12.0. The van der Waals surface area contributed by atoms with E-state index in [9.17, 15) is 9.59 Å². The molecule has 1 amide bonds. The summed E-state index contributed by atoms with van der Waals surface area (Å²) < 4.78 is 10.4. The summed E-state index contributed by atoms with van der Waals surface area (Å²) in [7, 11) is 0. The molecule has 8 heteroatoms. The zero-order chi connectivity index (χ0) is 15.5. The molecule has 8 nitrogen and oxygen atoms in total. The number of nitrogens with zero attached hydrogens (tertiary/aromatic N) is 1. The second-order valence-corrected chi connectivity index (χ2v) is 4.79. The Kier molecular flexibility index (Phi) is 3.92. The molecule has 22 heavy (non-hydrogen) atoms. The molecule has 3 N–H and O–H groups in total. The fraction of sp³-hybridized carbons (Fsp3) is 0.357. The Bertz CT molecular complexity index is 666. The van der Waals surface area contributed by atoms with E-state index >= 15 is 0 Å². The van der Waals surface area contributed by atoms with Crippen molar-refractivity contribution in [3.05, 3.63) is 24.3 Å². The minimum atomic E-state index is -0.846. The Balaban J connectivity index is 1.63. The van der Waals surface area contributed by atoms with E-state index in [0.29, 0.717) is 5.58 Å². The standard InChI is InChI=1S/C14H16N4O4/c1-2-21-12(20)8-7-15-13(17-11(8)19)18-14-16-9-5-3-4-6-10(9)22-14/h3-6,8,13,15H,2,7H2,1H3,(H,16,18)(H,17,19). The summed E-state index contributed by atoms with van der Waals surface area (Å²) in [5.74, 6) is -1.78. The van der Waals surface area contributed by atoms with Crippen LogP contribution in [0.25, 0.3) is 11.1 Å². The Labute approximate surface area is 126 Å². The zero-order valence-electron chi connectivity index (χ0n) is 12.0. The summed E-state index contributed by atoms with van der Waals surface area (Å²) >= 11 is 0. The van der Waals surface area contributed by atoms with Gasteiger partial charge in [-0.05, 0) is 19.1 Å². The van der Waals surface area contributed by atoms with Crippen molar-refractivity contribution in [3.63, 3.8) is 0 Å². The van der Waals surface area contributed by atoms with Gasteiger partial charge in [-0.25, -0.2) is 0 Å². The Morgan fingerprint density at radius 2 is 2.32 bits per heavy atom. The van der Waals surface area contributed by atoms with Crippen LogP contribution >= 0.6 is 0 Å². The number of hydrogen-bond acceptors (Lipinski definition) is 7. The second kappa shape index (κ2) is 6.02.